The first-order valence-electron chi connectivity index (χ1n) is 7.00. The Balaban J connectivity index is 2.21. The maximum absolute atomic E-state index is 11.1. The van der Waals surface area contributed by atoms with Crippen LogP contribution in [0.5, 0.6) is 0 Å². The van der Waals surface area contributed by atoms with Crippen molar-refractivity contribution in [3.05, 3.63) is 59.8 Å². The average molecular weight is 284 g/mol. The van der Waals surface area contributed by atoms with Gasteiger partial charge in [0, 0.05) is 19.3 Å². The van der Waals surface area contributed by atoms with Crippen LogP contribution in [0.1, 0.15) is 18.1 Å². The van der Waals surface area contributed by atoms with Crippen LogP contribution in [0.4, 0.5) is 5.82 Å². The maximum Gasteiger partial charge on any atom is 0.308 e. The molecule has 0 saturated heterocycles. The molecule has 1 unspecified atom stereocenters. The van der Waals surface area contributed by atoms with Crippen LogP contribution in [0.15, 0.2) is 48.7 Å². The molecule has 0 spiro atoms. The molecule has 0 fully saturated rings. The van der Waals surface area contributed by atoms with Gasteiger partial charge < -0.3 is 10.0 Å². The van der Waals surface area contributed by atoms with Gasteiger partial charge in [-0.15, -0.1) is 0 Å². The number of benzene rings is 1. The number of hydrogen-bond donors (Lipinski definition) is 1. The summed E-state index contributed by atoms with van der Waals surface area (Å²) in [7, 11) is 0. The minimum Gasteiger partial charge on any atom is -0.481 e. The van der Waals surface area contributed by atoms with Crippen molar-refractivity contribution >= 4 is 11.8 Å². The van der Waals surface area contributed by atoms with Gasteiger partial charge in [0.15, 0.2) is 0 Å². The van der Waals surface area contributed by atoms with E-state index in [9.17, 15) is 4.79 Å². The number of pyridine rings is 1. The number of carboxylic acid groups (broad SMARTS) is 1. The molecule has 21 heavy (non-hydrogen) atoms. The number of aliphatic carboxylic acids is 1. The molecular formula is C17H20N2O2. The second-order valence-electron chi connectivity index (χ2n) is 5.30. The van der Waals surface area contributed by atoms with E-state index in [4.69, 9.17) is 5.11 Å². The predicted molar refractivity (Wildman–Crippen MR) is 83.3 cm³/mol. The third-order valence-corrected chi connectivity index (χ3v) is 3.35. The normalized spacial score (nSPS) is 11.9. The van der Waals surface area contributed by atoms with Gasteiger partial charge in [0.1, 0.15) is 5.82 Å². The van der Waals surface area contributed by atoms with Crippen LogP contribution in [-0.4, -0.2) is 22.6 Å². The first kappa shape index (κ1) is 15.0. The number of nitrogens with zero attached hydrogens (tertiary/aromatic N) is 2. The molecule has 2 rings (SSSR count). The van der Waals surface area contributed by atoms with Gasteiger partial charge in [-0.3, -0.25) is 4.79 Å². The summed E-state index contributed by atoms with van der Waals surface area (Å²) in [5.41, 5.74) is 2.22. The molecule has 0 amide bonds. The Morgan fingerprint density at radius 3 is 2.52 bits per heavy atom. The van der Waals surface area contributed by atoms with Gasteiger partial charge in [0.2, 0.25) is 0 Å². The molecule has 4 nitrogen and oxygen atoms in total. The molecule has 1 N–H and O–H groups in total. The molecule has 1 aromatic carbocycles. The second kappa shape index (κ2) is 6.88. The third kappa shape index (κ3) is 4.31. The quantitative estimate of drug-likeness (QED) is 0.885. The lowest BCUT2D eigenvalue weighted by Crippen LogP contribution is -2.32. The topological polar surface area (TPSA) is 53.4 Å². The number of hydrogen-bond acceptors (Lipinski definition) is 3. The highest BCUT2D eigenvalue weighted by Gasteiger charge is 2.17. The number of carbonyl (C=O) groups is 1. The molecule has 0 saturated carbocycles. The van der Waals surface area contributed by atoms with Gasteiger partial charge in [-0.2, -0.15) is 0 Å². The summed E-state index contributed by atoms with van der Waals surface area (Å²) in [6.45, 7) is 4.78. The molecule has 4 heteroatoms. The van der Waals surface area contributed by atoms with E-state index in [1.165, 1.54) is 0 Å². The van der Waals surface area contributed by atoms with Gasteiger partial charge >= 0.3 is 5.97 Å². The minimum atomic E-state index is -0.792. The third-order valence-electron chi connectivity index (χ3n) is 3.35. The highest BCUT2D eigenvalue weighted by atomic mass is 16.4. The summed E-state index contributed by atoms with van der Waals surface area (Å²) in [6, 6.07) is 13.9. The van der Waals surface area contributed by atoms with E-state index in [2.05, 4.69) is 4.98 Å². The van der Waals surface area contributed by atoms with Crippen LogP contribution < -0.4 is 4.90 Å². The maximum atomic E-state index is 11.1. The largest absolute Gasteiger partial charge is 0.481 e. The van der Waals surface area contributed by atoms with E-state index in [0.717, 1.165) is 16.9 Å². The second-order valence-corrected chi connectivity index (χ2v) is 5.30. The Bertz CT molecular complexity index is 581. The highest BCUT2D eigenvalue weighted by molar-refractivity contribution is 5.70. The van der Waals surface area contributed by atoms with E-state index in [1.807, 2.05) is 54.3 Å². The van der Waals surface area contributed by atoms with Crippen LogP contribution in [0.25, 0.3) is 0 Å². The first-order chi connectivity index (χ1) is 10.1. The number of anilines is 1. The van der Waals surface area contributed by atoms with Crippen molar-refractivity contribution in [3.63, 3.8) is 0 Å². The monoisotopic (exact) mass is 284 g/mol. The van der Waals surface area contributed by atoms with Crippen molar-refractivity contribution in [3.8, 4) is 0 Å². The Hall–Kier alpha value is -2.36. The van der Waals surface area contributed by atoms with Crippen LogP contribution in [0.2, 0.25) is 0 Å². The van der Waals surface area contributed by atoms with Gasteiger partial charge in [-0.25, -0.2) is 4.98 Å². The van der Waals surface area contributed by atoms with Gasteiger partial charge in [-0.1, -0.05) is 43.3 Å². The number of carboxylic acids is 1. The molecule has 0 radical (unpaired) electrons. The Morgan fingerprint density at radius 2 is 1.95 bits per heavy atom. The van der Waals surface area contributed by atoms with Crippen LogP contribution in [-0.2, 0) is 11.3 Å². The smallest absolute Gasteiger partial charge is 0.308 e. The zero-order chi connectivity index (χ0) is 15.2. The molecule has 0 aliphatic heterocycles. The van der Waals surface area contributed by atoms with E-state index < -0.39 is 11.9 Å². The fourth-order valence-corrected chi connectivity index (χ4v) is 2.10. The molecule has 2 aromatic rings. The van der Waals surface area contributed by atoms with Gasteiger partial charge in [-0.05, 0) is 24.1 Å². The number of rotatable bonds is 6. The summed E-state index contributed by atoms with van der Waals surface area (Å²) in [4.78, 5) is 17.6. The van der Waals surface area contributed by atoms with E-state index in [0.29, 0.717) is 13.1 Å². The van der Waals surface area contributed by atoms with E-state index in [1.54, 1.807) is 13.1 Å². The summed E-state index contributed by atoms with van der Waals surface area (Å²) in [5, 5.41) is 9.14. The van der Waals surface area contributed by atoms with Crippen molar-refractivity contribution < 1.29 is 9.90 Å². The van der Waals surface area contributed by atoms with Gasteiger partial charge in [0.25, 0.3) is 0 Å². The molecule has 0 aliphatic rings. The van der Waals surface area contributed by atoms with Crippen LogP contribution >= 0.6 is 0 Å². The molecule has 0 aliphatic carbocycles. The molecule has 0 bridgehead atoms. The van der Waals surface area contributed by atoms with Crippen molar-refractivity contribution in [1.82, 2.24) is 4.98 Å². The highest BCUT2D eigenvalue weighted by Crippen LogP contribution is 2.17. The first-order valence-corrected chi connectivity index (χ1v) is 7.00. The Labute approximate surface area is 125 Å². The van der Waals surface area contributed by atoms with Crippen molar-refractivity contribution in [1.29, 1.82) is 0 Å². The van der Waals surface area contributed by atoms with E-state index >= 15 is 0 Å². The fraction of sp³-hybridized carbons (Fsp3) is 0.294. The molecule has 1 aromatic heterocycles. The summed E-state index contributed by atoms with van der Waals surface area (Å²) in [5.74, 6) is -0.436. The summed E-state index contributed by atoms with van der Waals surface area (Å²) < 4.78 is 0. The zero-order valence-electron chi connectivity index (χ0n) is 12.4. The molecule has 1 atom stereocenters. The Kier molecular flexibility index (Phi) is 4.93. The zero-order valence-corrected chi connectivity index (χ0v) is 12.4. The summed E-state index contributed by atoms with van der Waals surface area (Å²) >= 11 is 0. The van der Waals surface area contributed by atoms with Crippen molar-refractivity contribution in [2.75, 3.05) is 11.4 Å². The lowest BCUT2D eigenvalue weighted by molar-refractivity contribution is -0.140. The molecular weight excluding hydrogens is 264 g/mol. The van der Waals surface area contributed by atoms with Crippen molar-refractivity contribution in [2.45, 2.75) is 20.4 Å². The lowest BCUT2D eigenvalue weighted by atomic mass is 10.1. The predicted octanol–water partition coefficient (Wildman–Crippen LogP) is 3.12. The average Bonchev–Trinajstić information content (AvgIpc) is 2.48. The van der Waals surface area contributed by atoms with Crippen molar-refractivity contribution in [2.24, 2.45) is 5.92 Å². The number of aromatic nitrogens is 1. The standard InChI is InChI=1S/C17H20N2O2/c1-13-8-9-16(18-10-13)19(11-14(2)17(20)21)12-15-6-4-3-5-7-15/h3-10,14H,11-12H2,1-2H3,(H,20,21). The Morgan fingerprint density at radius 1 is 1.24 bits per heavy atom. The van der Waals surface area contributed by atoms with E-state index in [-0.39, 0.29) is 0 Å². The SMILES string of the molecule is Cc1ccc(N(Cc2ccccc2)CC(C)C(=O)O)nc1. The minimum absolute atomic E-state index is 0.431. The fourth-order valence-electron chi connectivity index (χ4n) is 2.10. The van der Waals surface area contributed by atoms with Crippen LogP contribution in [0.3, 0.4) is 0 Å². The van der Waals surface area contributed by atoms with Gasteiger partial charge in [0.05, 0.1) is 5.92 Å². The number of aryl methyl sites for hydroxylation is 1. The molecule has 110 valence electrons. The van der Waals surface area contributed by atoms with Crippen LogP contribution in [0, 0.1) is 12.8 Å². The lowest BCUT2D eigenvalue weighted by Gasteiger charge is -2.25. The summed E-state index contributed by atoms with van der Waals surface area (Å²) in [6.07, 6.45) is 1.80. The molecule has 1 heterocycles.